The van der Waals surface area contributed by atoms with Crippen LogP contribution in [0.4, 0.5) is 0 Å². The van der Waals surface area contributed by atoms with Crippen molar-refractivity contribution in [3.8, 4) is 0 Å². The highest BCUT2D eigenvalue weighted by Gasteiger charge is 2.35. The molecule has 0 bridgehead atoms. The molecule has 1 aliphatic rings. The van der Waals surface area contributed by atoms with Crippen LogP contribution in [-0.4, -0.2) is 26.6 Å². The number of H-pyrrole nitrogens is 1. The van der Waals surface area contributed by atoms with Gasteiger partial charge in [-0.25, -0.2) is 5.01 Å². The third kappa shape index (κ3) is 3.19. The normalized spacial score (nSPS) is 16.2. The number of rotatable bonds is 3. The second-order valence-electron chi connectivity index (χ2n) is 6.95. The fourth-order valence-electron chi connectivity index (χ4n) is 3.75. The summed E-state index contributed by atoms with van der Waals surface area (Å²) in [6.07, 6.45) is 5.84. The Balaban J connectivity index is 1.59. The minimum absolute atomic E-state index is 0.147. The summed E-state index contributed by atoms with van der Waals surface area (Å²) in [6.45, 7) is 0. The van der Waals surface area contributed by atoms with Crippen molar-refractivity contribution in [1.82, 2.24) is 15.0 Å². The lowest BCUT2D eigenvalue weighted by atomic mass is 9.97. The molecule has 29 heavy (non-hydrogen) atoms. The molecule has 5 nitrogen and oxygen atoms in total. The van der Waals surface area contributed by atoms with E-state index in [1.54, 1.807) is 29.5 Å². The molecule has 0 saturated carbocycles. The average Bonchev–Trinajstić information content (AvgIpc) is 3.39. The van der Waals surface area contributed by atoms with E-state index in [-0.39, 0.29) is 11.9 Å². The molecule has 1 amide bonds. The number of amides is 1. The molecule has 0 spiro atoms. The Kier molecular flexibility index (Phi) is 4.37. The summed E-state index contributed by atoms with van der Waals surface area (Å²) in [6, 6.07) is 18.9. The van der Waals surface area contributed by atoms with Crippen molar-refractivity contribution >= 4 is 34.1 Å². The number of nitrogens with zero attached hydrogens (tertiary/aromatic N) is 3. The Morgan fingerprint density at radius 2 is 1.79 bits per heavy atom. The van der Waals surface area contributed by atoms with E-state index in [0.29, 0.717) is 17.0 Å². The maximum atomic E-state index is 13.3. The fourth-order valence-corrected chi connectivity index (χ4v) is 3.88. The van der Waals surface area contributed by atoms with Gasteiger partial charge >= 0.3 is 0 Å². The summed E-state index contributed by atoms with van der Waals surface area (Å²) in [4.78, 5) is 20.6. The highest BCUT2D eigenvalue weighted by molar-refractivity contribution is 6.30. The first kappa shape index (κ1) is 17.6. The van der Waals surface area contributed by atoms with Crippen LogP contribution >= 0.6 is 11.6 Å². The zero-order chi connectivity index (χ0) is 19.8. The van der Waals surface area contributed by atoms with Crippen LogP contribution in [0, 0.1) is 0 Å². The zero-order valence-corrected chi connectivity index (χ0v) is 16.2. The minimum atomic E-state index is -0.197. The number of hydrogen-bond acceptors (Lipinski definition) is 3. The number of hydrazone groups is 1. The third-order valence-corrected chi connectivity index (χ3v) is 5.46. The smallest absolute Gasteiger partial charge is 0.274 e. The van der Waals surface area contributed by atoms with Crippen molar-refractivity contribution < 1.29 is 4.79 Å². The molecule has 0 radical (unpaired) electrons. The van der Waals surface area contributed by atoms with Crippen LogP contribution in [0.5, 0.6) is 0 Å². The van der Waals surface area contributed by atoms with Gasteiger partial charge in [0.05, 0.1) is 11.8 Å². The lowest BCUT2D eigenvalue weighted by molar-refractivity contribution is 0.0712. The monoisotopic (exact) mass is 400 g/mol. The predicted molar refractivity (Wildman–Crippen MR) is 114 cm³/mol. The van der Waals surface area contributed by atoms with Gasteiger partial charge in [-0.05, 0) is 35.9 Å². The Morgan fingerprint density at radius 1 is 1.03 bits per heavy atom. The molecule has 4 aromatic rings. The summed E-state index contributed by atoms with van der Waals surface area (Å²) >= 11 is 6.04. The molecule has 6 heteroatoms. The first-order chi connectivity index (χ1) is 14.2. The van der Waals surface area contributed by atoms with Crippen LogP contribution in [0.25, 0.3) is 10.9 Å². The zero-order valence-electron chi connectivity index (χ0n) is 15.4. The number of carbonyl (C=O) groups excluding carboxylic acids is 1. The van der Waals surface area contributed by atoms with Crippen LogP contribution in [-0.2, 0) is 0 Å². The van der Waals surface area contributed by atoms with Crippen LogP contribution in [0.1, 0.15) is 33.9 Å². The topological polar surface area (TPSA) is 61.4 Å². The highest BCUT2D eigenvalue weighted by atomic mass is 35.5. The first-order valence-corrected chi connectivity index (χ1v) is 9.71. The molecule has 0 aliphatic carbocycles. The second-order valence-corrected chi connectivity index (χ2v) is 7.39. The summed E-state index contributed by atoms with van der Waals surface area (Å²) in [7, 11) is 0. The summed E-state index contributed by atoms with van der Waals surface area (Å²) < 4.78 is 0. The average molecular weight is 401 g/mol. The molecular formula is C23H17ClN4O. The van der Waals surface area contributed by atoms with Gasteiger partial charge in [0.2, 0.25) is 0 Å². The summed E-state index contributed by atoms with van der Waals surface area (Å²) in [5.41, 5.74) is 4.48. The maximum Gasteiger partial charge on any atom is 0.274 e. The number of para-hydroxylation sites is 1. The van der Waals surface area contributed by atoms with E-state index >= 15 is 0 Å². The number of carbonyl (C=O) groups is 1. The molecule has 1 atom stereocenters. The summed E-state index contributed by atoms with van der Waals surface area (Å²) in [5, 5.41) is 8.09. The number of nitrogens with one attached hydrogen (secondary N) is 1. The van der Waals surface area contributed by atoms with Crippen molar-refractivity contribution in [1.29, 1.82) is 0 Å². The Bertz CT molecular complexity index is 1210. The van der Waals surface area contributed by atoms with E-state index in [2.05, 4.69) is 16.0 Å². The van der Waals surface area contributed by atoms with Crippen molar-refractivity contribution in [3.05, 3.63) is 101 Å². The molecule has 2 aromatic carbocycles. The van der Waals surface area contributed by atoms with Gasteiger partial charge in [-0.2, -0.15) is 5.10 Å². The first-order valence-electron chi connectivity index (χ1n) is 9.34. The third-order valence-electron chi connectivity index (χ3n) is 5.20. The summed E-state index contributed by atoms with van der Waals surface area (Å²) in [5.74, 6) is -0.147. The van der Waals surface area contributed by atoms with Crippen LogP contribution in [0.2, 0.25) is 5.02 Å². The van der Waals surface area contributed by atoms with E-state index in [9.17, 15) is 4.79 Å². The Morgan fingerprint density at radius 3 is 2.59 bits per heavy atom. The molecule has 142 valence electrons. The quantitative estimate of drug-likeness (QED) is 0.513. The minimum Gasteiger partial charge on any atom is -0.361 e. The van der Waals surface area contributed by atoms with Gasteiger partial charge in [-0.1, -0.05) is 41.9 Å². The van der Waals surface area contributed by atoms with Crippen molar-refractivity contribution in [2.75, 3.05) is 0 Å². The standard InChI is InChI=1S/C23H17ClN4O/c24-17-7-5-15(6-8-17)21-13-22(19-14-26-20-4-2-1-3-18(19)20)28(27-21)23(29)16-9-11-25-12-10-16/h1-12,14,22,26H,13H2. The van der Waals surface area contributed by atoms with Gasteiger partial charge in [-0.15, -0.1) is 0 Å². The van der Waals surface area contributed by atoms with Gasteiger partial charge in [0.15, 0.2) is 0 Å². The number of pyridine rings is 1. The van der Waals surface area contributed by atoms with E-state index < -0.39 is 0 Å². The van der Waals surface area contributed by atoms with E-state index in [0.717, 1.165) is 27.7 Å². The molecule has 5 rings (SSSR count). The molecule has 0 saturated heterocycles. The predicted octanol–water partition coefficient (Wildman–Crippen LogP) is 5.21. The SMILES string of the molecule is O=C(c1ccncc1)N1N=C(c2ccc(Cl)cc2)CC1c1c[nH]c2ccccc12. The van der Waals surface area contributed by atoms with Gasteiger partial charge in [0.25, 0.3) is 5.91 Å². The van der Waals surface area contributed by atoms with Crippen LogP contribution in [0.15, 0.2) is 84.4 Å². The second kappa shape index (κ2) is 7.18. The molecule has 0 fully saturated rings. The molecule has 1 N–H and O–H groups in total. The number of halogens is 1. The van der Waals surface area contributed by atoms with Gasteiger partial charge in [0.1, 0.15) is 0 Å². The van der Waals surface area contributed by atoms with Gasteiger partial charge in [0, 0.05) is 52.1 Å². The Labute approximate surface area is 172 Å². The lowest BCUT2D eigenvalue weighted by Crippen LogP contribution is -2.27. The van der Waals surface area contributed by atoms with Crippen molar-refractivity contribution in [3.63, 3.8) is 0 Å². The van der Waals surface area contributed by atoms with Gasteiger partial charge < -0.3 is 4.98 Å². The van der Waals surface area contributed by atoms with E-state index in [4.69, 9.17) is 16.7 Å². The number of fused-ring (bicyclic) bond motifs is 1. The van der Waals surface area contributed by atoms with Crippen molar-refractivity contribution in [2.24, 2.45) is 5.10 Å². The highest BCUT2D eigenvalue weighted by Crippen LogP contribution is 2.37. The van der Waals surface area contributed by atoms with Crippen molar-refractivity contribution in [2.45, 2.75) is 12.5 Å². The molecule has 1 unspecified atom stereocenters. The Hall–Kier alpha value is -3.44. The van der Waals surface area contributed by atoms with E-state index in [1.807, 2.05) is 48.7 Å². The number of benzene rings is 2. The number of aromatic nitrogens is 2. The molecule has 3 heterocycles. The molecule has 2 aromatic heterocycles. The van der Waals surface area contributed by atoms with E-state index in [1.165, 1.54) is 0 Å². The molecule has 1 aliphatic heterocycles. The largest absolute Gasteiger partial charge is 0.361 e. The maximum absolute atomic E-state index is 13.3. The lowest BCUT2D eigenvalue weighted by Gasteiger charge is -2.21. The number of hydrogen-bond donors (Lipinski definition) is 1. The van der Waals surface area contributed by atoms with Gasteiger partial charge in [-0.3, -0.25) is 9.78 Å². The van der Waals surface area contributed by atoms with Crippen LogP contribution < -0.4 is 0 Å². The van der Waals surface area contributed by atoms with Crippen LogP contribution in [0.3, 0.4) is 0 Å². The molecular weight excluding hydrogens is 384 g/mol. The number of aromatic amines is 1. The fraction of sp³-hybridized carbons (Fsp3) is 0.0870.